The number of benzene rings is 1. The second-order valence-electron chi connectivity index (χ2n) is 2.57. The number of hydrogen-bond donors (Lipinski definition) is 2. The first kappa shape index (κ1) is 12.8. The van der Waals surface area contributed by atoms with E-state index in [0.29, 0.717) is 11.2 Å². The van der Waals surface area contributed by atoms with E-state index in [9.17, 15) is 5.11 Å². The minimum Gasteiger partial charge on any atom is -0.506 e. The van der Waals surface area contributed by atoms with Crippen molar-refractivity contribution < 1.29 is 5.11 Å². The van der Waals surface area contributed by atoms with Gasteiger partial charge in [0.15, 0.2) is 0 Å². The van der Waals surface area contributed by atoms with Crippen molar-refractivity contribution in [2.75, 3.05) is 5.73 Å². The summed E-state index contributed by atoms with van der Waals surface area (Å²) in [4.78, 5) is 4.01. The van der Waals surface area contributed by atoms with Crippen LogP contribution in [0.4, 0.5) is 5.69 Å². The quantitative estimate of drug-likeness (QED) is 0.734. The van der Waals surface area contributed by atoms with Crippen molar-refractivity contribution in [2.24, 2.45) is 0 Å². The molecule has 14 heavy (non-hydrogen) atoms. The van der Waals surface area contributed by atoms with E-state index < -0.39 is 0 Å². The lowest BCUT2D eigenvalue weighted by atomic mass is 10.2. The number of nitrogens with zero attached hydrogens (tertiary/aromatic N) is 1. The Kier molecular flexibility index (Phi) is 4.47. The molecule has 0 aliphatic rings. The number of pyridine rings is 1. The van der Waals surface area contributed by atoms with Crippen molar-refractivity contribution in [3.63, 3.8) is 0 Å². The average molecular weight is 233 g/mol. The average Bonchev–Trinajstić information content (AvgIpc) is 2.07. The Hall–Kier alpha value is -1.19. The molecule has 0 aliphatic carbocycles. The fraction of sp³-hybridized carbons (Fsp3) is 0. The predicted octanol–water partition coefficient (Wildman–Crippen LogP) is 2.37. The molecule has 0 bridgehead atoms. The molecule has 0 amide bonds. The number of phenolic OH excluding ortho intramolecular Hbond substituents is 1. The minimum absolute atomic E-state index is 0. The van der Waals surface area contributed by atoms with Crippen LogP contribution in [0.3, 0.4) is 0 Å². The molecule has 0 saturated carbocycles. The molecule has 2 aromatic rings. The number of aromatic hydroxyl groups is 1. The third-order valence-corrected chi connectivity index (χ3v) is 1.78. The highest BCUT2D eigenvalue weighted by atomic mass is 35.5. The Morgan fingerprint density at radius 1 is 1.14 bits per heavy atom. The molecule has 0 unspecified atom stereocenters. The lowest BCUT2D eigenvalue weighted by Crippen LogP contribution is -1.88. The van der Waals surface area contributed by atoms with Gasteiger partial charge in [0.2, 0.25) is 0 Å². The van der Waals surface area contributed by atoms with Gasteiger partial charge in [-0.15, -0.1) is 24.8 Å². The molecule has 0 spiro atoms. The fourth-order valence-corrected chi connectivity index (χ4v) is 1.18. The maximum Gasteiger partial charge on any atom is 0.141 e. The zero-order valence-electron chi connectivity index (χ0n) is 7.18. The Morgan fingerprint density at radius 2 is 1.86 bits per heavy atom. The number of nitrogens with two attached hydrogens (primary N) is 1. The van der Waals surface area contributed by atoms with Gasteiger partial charge in [-0.2, -0.15) is 0 Å². The molecule has 0 saturated heterocycles. The van der Waals surface area contributed by atoms with Crippen LogP contribution >= 0.6 is 24.8 Å². The van der Waals surface area contributed by atoms with E-state index in [1.54, 1.807) is 24.4 Å². The maximum absolute atomic E-state index is 9.38. The Bertz CT molecular complexity index is 393. The van der Waals surface area contributed by atoms with Crippen molar-refractivity contribution in [1.82, 2.24) is 4.98 Å². The Labute approximate surface area is 93.8 Å². The van der Waals surface area contributed by atoms with E-state index in [2.05, 4.69) is 4.98 Å². The number of aromatic nitrogens is 1. The molecule has 0 aliphatic heterocycles. The summed E-state index contributed by atoms with van der Waals surface area (Å²) < 4.78 is 0. The zero-order chi connectivity index (χ0) is 8.55. The highest BCUT2D eigenvalue weighted by molar-refractivity contribution is 5.93. The molecule has 2 rings (SSSR count). The van der Waals surface area contributed by atoms with Crippen LogP contribution in [0, 0.1) is 0 Å². The van der Waals surface area contributed by atoms with Crippen molar-refractivity contribution in [2.45, 2.75) is 0 Å². The first-order valence-corrected chi connectivity index (χ1v) is 3.61. The third-order valence-electron chi connectivity index (χ3n) is 1.78. The standard InChI is InChI=1S/C9H8N2O.2ClH/c10-7-4-5-11-9-6(7)2-1-3-8(9)12;;/h1-5,12H,(H2,10,11);2*1H. The number of phenols is 1. The molecule has 1 aromatic carbocycles. The summed E-state index contributed by atoms with van der Waals surface area (Å²) in [6.07, 6.45) is 1.58. The van der Waals surface area contributed by atoms with Gasteiger partial charge in [-0.1, -0.05) is 12.1 Å². The van der Waals surface area contributed by atoms with Crippen molar-refractivity contribution in [1.29, 1.82) is 0 Å². The van der Waals surface area contributed by atoms with Gasteiger partial charge < -0.3 is 10.8 Å². The van der Waals surface area contributed by atoms with Crippen LogP contribution < -0.4 is 5.73 Å². The van der Waals surface area contributed by atoms with E-state index >= 15 is 0 Å². The van der Waals surface area contributed by atoms with E-state index in [-0.39, 0.29) is 30.6 Å². The van der Waals surface area contributed by atoms with Crippen LogP contribution in [0.5, 0.6) is 5.75 Å². The predicted molar refractivity (Wildman–Crippen MR) is 62.3 cm³/mol. The highest BCUT2D eigenvalue weighted by Crippen LogP contribution is 2.25. The topological polar surface area (TPSA) is 59.1 Å². The summed E-state index contributed by atoms with van der Waals surface area (Å²) >= 11 is 0. The van der Waals surface area contributed by atoms with Gasteiger partial charge in [-0.3, -0.25) is 4.98 Å². The van der Waals surface area contributed by atoms with Gasteiger partial charge >= 0.3 is 0 Å². The molecule has 0 radical (unpaired) electrons. The zero-order valence-corrected chi connectivity index (χ0v) is 8.81. The van der Waals surface area contributed by atoms with Crippen LogP contribution in [0.2, 0.25) is 0 Å². The fourth-order valence-electron chi connectivity index (χ4n) is 1.18. The number of fused-ring (bicyclic) bond motifs is 1. The first-order chi connectivity index (χ1) is 5.79. The second kappa shape index (κ2) is 4.88. The van der Waals surface area contributed by atoms with Gasteiger partial charge in [-0.25, -0.2) is 0 Å². The van der Waals surface area contributed by atoms with Gasteiger partial charge in [0, 0.05) is 17.3 Å². The number of anilines is 1. The molecule has 1 heterocycles. The molecular formula is C9H10Cl2N2O. The van der Waals surface area contributed by atoms with Crippen LogP contribution in [-0.2, 0) is 0 Å². The van der Waals surface area contributed by atoms with Crippen LogP contribution in [-0.4, -0.2) is 10.1 Å². The van der Waals surface area contributed by atoms with E-state index in [1.807, 2.05) is 6.07 Å². The second-order valence-corrected chi connectivity index (χ2v) is 2.57. The number of hydrogen-bond acceptors (Lipinski definition) is 3. The van der Waals surface area contributed by atoms with E-state index in [0.717, 1.165) is 5.39 Å². The summed E-state index contributed by atoms with van der Waals surface area (Å²) in [5, 5.41) is 10.2. The van der Waals surface area contributed by atoms with Crippen LogP contribution in [0.25, 0.3) is 10.9 Å². The van der Waals surface area contributed by atoms with E-state index in [1.165, 1.54) is 0 Å². The van der Waals surface area contributed by atoms with E-state index in [4.69, 9.17) is 5.73 Å². The SMILES string of the molecule is Cl.Cl.Nc1ccnc2c(O)cccc12. The summed E-state index contributed by atoms with van der Waals surface area (Å²) in [5.74, 6) is 0.166. The van der Waals surface area contributed by atoms with Gasteiger partial charge in [-0.05, 0) is 12.1 Å². The summed E-state index contributed by atoms with van der Waals surface area (Å²) in [7, 11) is 0. The molecule has 76 valence electrons. The van der Waals surface area contributed by atoms with Crippen LogP contribution in [0.15, 0.2) is 30.5 Å². The first-order valence-electron chi connectivity index (χ1n) is 3.61. The molecule has 5 heteroatoms. The highest BCUT2D eigenvalue weighted by Gasteiger charge is 2.01. The Balaban J connectivity index is 0.000000845. The number of para-hydroxylation sites is 1. The molecule has 0 atom stereocenters. The van der Waals surface area contributed by atoms with Gasteiger partial charge in [0.25, 0.3) is 0 Å². The van der Waals surface area contributed by atoms with Gasteiger partial charge in [0.1, 0.15) is 11.3 Å². The molecule has 0 fully saturated rings. The third kappa shape index (κ3) is 2.00. The van der Waals surface area contributed by atoms with Gasteiger partial charge in [0.05, 0.1) is 0 Å². The molecule has 1 aromatic heterocycles. The van der Waals surface area contributed by atoms with Crippen LogP contribution in [0.1, 0.15) is 0 Å². The number of nitrogen functional groups attached to an aromatic ring is 1. The Morgan fingerprint density at radius 3 is 2.50 bits per heavy atom. The largest absolute Gasteiger partial charge is 0.506 e. The molecule has 3 N–H and O–H groups in total. The number of rotatable bonds is 0. The van der Waals surface area contributed by atoms with Crippen molar-refractivity contribution in [3.8, 4) is 5.75 Å². The summed E-state index contributed by atoms with van der Waals surface area (Å²) in [5.41, 5.74) is 6.86. The monoisotopic (exact) mass is 232 g/mol. The smallest absolute Gasteiger partial charge is 0.141 e. The summed E-state index contributed by atoms with van der Waals surface area (Å²) in [6, 6.07) is 6.88. The number of halogens is 2. The van der Waals surface area contributed by atoms with Crippen molar-refractivity contribution in [3.05, 3.63) is 30.5 Å². The van der Waals surface area contributed by atoms with Crippen molar-refractivity contribution >= 4 is 41.4 Å². The molecule has 3 nitrogen and oxygen atoms in total. The molecular weight excluding hydrogens is 223 g/mol. The summed E-state index contributed by atoms with van der Waals surface area (Å²) in [6.45, 7) is 0. The lowest BCUT2D eigenvalue weighted by molar-refractivity contribution is 0.480. The lowest BCUT2D eigenvalue weighted by Gasteiger charge is -2.01. The normalized spacial score (nSPS) is 8.86. The minimum atomic E-state index is 0. The maximum atomic E-state index is 9.38.